The first-order valence-corrected chi connectivity index (χ1v) is 8.36. The van der Waals surface area contributed by atoms with Gasteiger partial charge in [0.2, 0.25) is 0 Å². The molecule has 0 radical (unpaired) electrons. The zero-order valence-electron chi connectivity index (χ0n) is 14.3. The number of amides is 2. The fourth-order valence-electron chi connectivity index (χ4n) is 2.45. The van der Waals surface area contributed by atoms with Crippen molar-refractivity contribution in [3.05, 3.63) is 64.7 Å². The highest BCUT2D eigenvalue weighted by molar-refractivity contribution is 6.30. The Morgan fingerprint density at radius 3 is 2.41 bits per heavy atom. The van der Waals surface area contributed by atoms with Crippen LogP contribution in [0.15, 0.2) is 48.5 Å². The standard InChI is InChI=1S/C18H17ClF3N3O2/c1-23-15(26)10-24-16(11-5-3-2-4-6-11)17(27)25-14-8-7-12(19)9-13(14)18(20,21)22/h2-9,16,24H,10H2,1H3,(H,23,26)(H,25,27)/p+1/t16-/m1/s1. The van der Waals surface area contributed by atoms with Gasteiger partial charge in [-0.15, -0.1) is 0 Å². The molecule has 0 unspecified atom stereocenters. The molecule has 0 bridgehead atoms. The molecule has 0 saturated carbocycles. The van der Waals surface area contributed by atoms with Crippen LogP contribution >= 0.6 is 11.6 Å². The first-order valence-electron chi connectivity index (χ1n) is 7.99. The van der Waals surface area contributed by atoms with Crippen molar-refractivity contribution >= 4 is 29.1 Å². The summed E-state index contributed by atoms with van der Waals surface area (Å²) in [4.78, 5) is 24.2. The number of quaternary nitrogens is 1. The second kappa shape index (κ2) is 8.88. The summed E-state index contributed by atoms with van der Waals surface area (Å²) in [5, 5.41) is 6.09. The SMILES string of the molecule is CNC(=O)C[NH2+][C@@H](C(=O)Nc1ccc(Cl)cc1C(F)(F)F)c1ccccc1. The van der Waals surface area contributed by atoms with Gasteiger partial charge in [0, 0.05) is 17.6 Å². The monoisotopic (exact) mass is 400 g/mol. The minimum atomic E-state index is -4.68. The largest absolute Gasteiger partial charge is 0.418 e. The molecular weight excluding hydrogens is 383 g/mol. The van der Waals surface area contributed by atoms with Crippen molar-refractivity contribution < 1.29 is 28.1 Å². The van der Waals surface area contributed by atoms with Crippen molar-refractivity contribution in [2.75, 3.05) is 18.9 Å². The lowest BCUT2D eigenvalue weighted by molar-refractivity contribution is -0.672. The fraction of sp³-hybridized carbons (Fsp3) is 0.222. The quantitative estimate of drug-likeness (QED) is 0.696. The molecule has 0 aliphatic rings. The van der Waals surface area contributed by atoms with Gasteiger partial charge in [0.25, 0.3) is 11.8 Å². The third kappa shape index (κ3) is 5.70. The third-order valence-corrected chi connectivity index (χ3v) is 4.04. The van der Waals surface area contributed by atoms with E-state index >= 15 is 0 Å². The van der Waals surface area contributed by atoms with E-state index in [0.29, 0.717) is 5.56 Å². The number of benzene rings is 2. The maximum atomic E-state index is 13.2. The van der Waals surface area contributed by atoms with Gasteiger partial charge in [-0.3, -0.25) is 9.59 Å². The van der Waals surface area contributed by atoms with E-state index in [4.69, 9.17) is 11.6 Å². The van der Waals surface area contributed by atoms with Gasteiger partial charge in [-0.05, 0) is 18.2 Å². The van der Waals surface area contributed by atoms with E-state index in [1.165, 1.54) is 18.4 Å². The van der Waals surface area contributed by atoms with Crippen LogP contribution in [0.3, 0.4) is 0 Å². The number of alkyl halides is 3. The van der Waals surface area contributed by atoms with Crippen molar-refractivity contribution in [2.45, 2.75) is 12.2 Å². The van der Waals surface area contributed by atoms with Gasteiger partial charge in [0.1, 0.15) is 0 Å². The number of carbonyl (C=O) groups excluding carboxylic acids is 2. The Kier molecular flexibility index (Phi) is 6.81. The van der Waals surface area contributed by atoms with E-state index in [1.807, 2.05) is 0 Å². The molecule has 0 fully saturated rings. The van der Waals surface area contributed by atoms with Gasteiger partial charge >= 0.3 is 6.18 Å². The number of anilines is 1. The van der Waals surface area contributed by atoms with Crippen molar-refractivity contribution in [1.82, 2.24) is 5.32 Å². The number of likely N-dealkylation sites (N-methyl/N-ethyl adjacent to an activating group) is 1. The maximum Gasteiger partial charge on any atom is 0.418 e. The number of halogens is 4. The molecule has 4 N–H and O–H groups in total. The summed E-state index contributed by atoms with van der Waals surface area (Å²) >= 11 is 5.66. The van der Waals surface area contributed by atoms with E-state index in [2.05, 4.69) is 10.6 Å². The first kappa shape index (κ1) is 20.7. The molecule has 144 valence electrons. The lowest BCUT2D eigenvalue weighted by atomic mass is 10.1. The molecule has 2 rings (SSSR count). The molecule has 0 heterocycles. The van der Waals surface area contributed by atoms with Crippen LogP contribution in [0.5, 0.6) is 0 Å². The van der Waals surface area contributed by atoms with Gasteiger partial charge < -0.3 is 16.0 Å². The van der Waals surface area contributed by atoms with Crippen LogP contribution in [-0.2, 0) is 15.8 Å². The predicted octanol–water partition coefficient (Wildman–Crippen LogP) is 2.35. The number of nitrogens with two attached hydrogens (primary N) is 1. The molecule has 9 heteroatoms. The molecule has 27 heavy (non-hydrogen) atoms. The summed E-state index contributed by atoms with van der Waals surface area (Å²) in [5.74, 6) is -0.996. The van der Waals surface area contributed by atoms with Crippen molar-refractivity contribution in [2.24, 2.45) is 0 Å². The van der Waals surface area contributed by atoms with E-state index in [9.17, 15) is 22.8 Å². The van der Waals surface area contributed by atoms with E-state index in [-0.39, 0.29) is 17.5 Å². The van der Waals surface area contributed by atoms with Crippen LogP contribution in [-0.4, -0.2) is 25.4 Å². The summed E-state index contributed by atoms with van der Waals surface area (Å²) in [6, 6.07) is 10.7. The summed E-state index contributed by atoms with van der Waals surface area (Å²) in [6.07, 6.45) is -4.68. The Labute approximate surface area is 158 Å². The average Bonchev–Trinajstić information content (AvgIpc) is 2.63. The summed E-state index contributed by atoms with van der Waals surface area (Å²) in [7, 11) is 1.46. The van der Waals surface area contributed by atoms with Crippen LogP contribution in [0.4, 0.5) is 18.9 Å². The van der Waals surface area contributed by atoms with Crippen LogP contribution in [0.1, 0.15) is 17.2 Å². The molecule has 0 saturated heterocycles. The minimum absolute atomic E-state index is 0.0593. The Hall–Kier alpha value is -2.58. The second-order valence-electron chi connectivity index (χ2n) is 5.68. The fourth-order valence-corrected chi connectivity index (χ4v) is 2.62. The van der Waals surface area contributed by atoms with E-state index in [1.54, 1.807) is 30.3 Å². The van der Waals surface area contributed by atoms with E-state index in [0.717, 1.165) is 12.1 Å². The number of rotatable bonds is 6. The van der Waals surface area contributed by atoms with Crippen LogP contribution in [0.25, 0.3) is 0 Å². The first-order chi connectivity index (χ1) is 12.7. The van der Waals surface area contributed by atoms with E-state index < -0.39 is 29.4 Å². The summed E-state index contributed by atoms with van der Waals surface area (Å²) in [5.41, 5.74) is -0.880. The molecule has 0 aromatic heterocycles. The molecule has 2 amide bonds. The smallest absolute Gasteiger partial charge is 0.354 e. The number of carbonyl (C=O) groups is 2. The lowest BCUT2D eigenvalue weighted by Crippen LogP contribution is -2.89. The van der Waals surface area contributed by atoms with Crippen molar-refractivity contribution in [3.63, 3.8) is 0 Å². The van der Waals surface area contributed by atoms with Gasteiger partial charge in [-0.2, -0.15) is 13.2 Å². The number of nitrogens with one attached hydrogen (secondary N) is 2. The molecule has 0 spiro atoms. The highest BCUT2D eigenvalue weighted by Gasteiger charge is 2.35. The number of hydrogen-bond donors (Lipinski definition) is 3. The molecule has 2 aromatic rings. The molecule has 2 aromatic carbocycles. The third-order valence-electron chi connectivity index (χ3n) is 3.80. The van der Waals surface area contributed by atoms with Crippen LogP contribution in [0.2, 0.25) is 5.02 Å². The molecule has 0 aliphatic carbocycles. The molecule has 5 nitrogen and oxygen atoms in total. The maximum absolute atomic E-state index is 13.2. The van der Waals surface area contributed by atoms with Gasteiger partial charge in [0.05, 0.1) is 11.3 Å². The number of hydrogen-bond acceptors (Lipinski definition) is 2. The predicted molar refractivity (Wildman–Crippen MR) is 95.1 cm³/mol. The normalized spacial score (nSPS) is 12.3. The Morgan fingerprint density at radius 2 is 1.81 bits per heavy atom. The van der Waals surface area contributed by atoms with Gasteiger partial charge in [-0.25, -0.2) is 0 Å². The zero-order chi connectivity index (χ0) is 20.0. The molecular formula is C18H18ClF3N3O2+. The lowest BCUT2D eigenvalue weighted by Gasteiger charge is -2.18. The Balaban J connectivity index is 2.30. The Morgan fingerprint density at radius 1 is 1.15 bits per heavy atom. The highest BCUT2D eigenvalue weighted by Crippen LogP contribution is 2.36. The average molecular weight is 401 g/mol. The topological polar surface area (TPSA) is 74.8 Å². The minimum Gasteiger partial charge on any atom is -0.354 e. The second-order valence-corrected chi connectivity index (χ2v) is 6.11. The molecule has 1 atom stereocenters. The van der Waals surface area contributed by atoms with Crippen molar-refractivity contribution in [3.8, 4) is 0 Å². The van der Waals surface area contributed by atoms with Gasteiger partial charge in [0.15, 0.2) is 12.6 Å². The van der Waals surface area contributed by atoms with Crippen LogP contribution in [0, 0.1) is 0 Å². The molecule has 0 aliphatic heterocycles. The zero-order valence-corrected chi connectivity index (χ0v) is 15.1. The van der Waals surface area contributed by atoms with Gasteiger partial charge in [-0.1, -0.05) is 41.9 Å². The van der Waals surface area contributed by atoms with Crippen molar-refractivity contribution in [1.29, 1.82) is 0 Å². The Bertz CT molecular complexity index is 813. The summed E-state index contributed by atoms with van der Waals surface area (Å²) < 4.78 is 39.7. The summed E-state index contributed by atoms with van der Waals surface area (Å²) in [6.45, 7) is -0.0593. The van der Waals surface area contributed by atoms with Crippen LogP contribution < -0.4 is 16.0 Å². The highest BCUT2D eigenvalue weighted by atomic mass is 35.5.